The lowest BCUT2D eigenvalue weighted by molar-refractivity contribution is 0.0996. The molecule has 0 aromatic carbocycles. The van der Waals surface area contributed by atoms with Gasteiger partial charge >= 0.3 is 0 Å². The molecule has 96 valence electrons. The molecule has 17 heavy (non-hydrogen) atoms. The summed E-state index contributed by atoms with van der Waals surface area (Å²) in [5.74, 6) is 0.0794. The number of primary amides is 1. The van der Waals surface area contributed by atoms with E-state index in [0.29, 0.717) is 11.6 Å². The number of rotatable bonds is 2. The number of nitrogens with two attached hydrogens (primary N) is 1. The number of carbonyl (C=O) groups is 1. The van der Waals surface area contributed by atoms with E-state index >= 15 is 0 Å². The minimum absolute atomic E-state index is 0.194. The molecule has 4 nitrogen and oxygen atoms in total. The fraction of sp³-hybridized carbons (Fsp3) is 0.600. The van der Waals surface area contributed by atoms with E-state index in [4.69, 9.17) is 28.9 Å². The van der Waals surface area contributed by atoms with Crippen LogP contribution in [0.5, 0.6) is 0 Å². The normalized spacial score (nSPS) is 16.1. The Kier molecular flexibility index (Phi) is 6.80. The summed E-state index contributed by atoms with van der Waals surface area (Å²) in [7, 11) is 0. The second kappa shape index (κ2) is 7.87. The predicted octanol–water partition coefficient (Wildman–Crippen LogP) is 2.13. The zero-order chi connectivity index (χ0) is 12.7. The Hall–Kier alpha value is -0.360. The number of piperidine rings is 1. The molecule has 1 saturated heterocycles. The van der Waals surface area contributed by atoms with Crippen LogP contribution in [-0.2, 0) is 0 Å². The summed E-state index contributed by atoms with van der Waals surface area (Å²) in [4.78, 5) is 15.1. The summed E-state index contributed by atoms with van der Waals surface area (Å²) in [5.41, 5.74) is 5.56. The fourth-order valence-electron chi connectivity index (χ4n) is 1.66. The van der Waals surface area contributed by atoms with Gasteiger partial charge in [-0.05, 0) is 25.9 Å². The maximum Gasteiger partial charge on any atom is 0.268 e. The highest BCUT2D eigenvalue weighted by atomic mass is 35.5. The van der Waals surface area contributed by atoms with E-state index in [1.54, 1.807) is 16.7 Å². The smallest absolute Gasteiger partial charge is 0.268 e. The quantitative estimate of drug-likeness (QED) is 0.822. The number of thiazole rings is 1. The molecule has 2 rings (SSSR count). The Morgan fingerprint density at radius 3 is 2.59 bits per heavy atom. The number of hydrogen-bond donors (Lipinski definition) is 2. The molecule has 1 fully saturated rings. The highest BCUT2D eigenvalue weighted by Gasteiger charge is 2.19. The lowest BCUT2D eigenvalue weighted by Gasteiger charge is -2.20. The Morgan fingerprint density at radius 1 is 1.53 bits per heavy atom. The molecule has 1 aliphatic rings. The monoisotopic (exact) mass is 295 g/mol. The molecule has 7 heteroatoms. The SMILES string of the molecule is ClCCl.NC(=O)c1csc(C2CCNCC2)n1. The van der Waals surface area contributed by atoms with Crippen LogP contribution in [0, 0.1) is 0 Å². The lowest BCUT2D eigenvalue weighted by atomic mass is 9.99. The van der Waals surface area contributed by atoms with Gasteiger partial charge in [0, 0.05) is 11.3 Å². The average Bonchev–Trinajstić information content (AvgIpc) is 2.80. The van der Waals surface area contributed by atoms with Crippen molar-refractivity contribution in [3.05, 3.63) is 16.1 Å². The van der Waals surface area contributed by atoms with Crippen molar-refractivity contribution in [3.8, 4) is 0 Å². The molecule has 0 radical (unpaired) electrons. The second-order valence-corrected chi connectivity index (χ2v) is 5.26. The number of halogens is 2. The van der Waals surface area contributed by atoms with Crippen LogP contribution in [0.4, 0.5) is 0 Å². The van der Waals surface area contributed by atoms with Crippen molar-refractivity contribution >= 4 is 40.4 Å². The molecule has 0 bridgehead atoms. The Balaban J connectivity index is 0.000000437. The predicted molar refractivity (Wildman–Crippen MR) is 72.0 cm³/mol. The van der Waals surface area contributed by atoms with Crippen LogP contribution in [0.15, 0.2) is 5.38 Å². The minimum atomic E-state index is -0.429. The van der Waals surface area contributed by atoms with E-state index in [-0.39, 0.29) is 5.34 Å². The third-order valence-corrected chi connectivity index (χ3v) is 3.47. The van der Waals surface area contributed by atoms with E-state index in [2.05, 4.69) is 10.3 Å². The van der Waals surface area contributed by atoms with E-state index in [1.807, 2.05) is 0 Å². The number of nitrogens with one attached hydrogen (secondary N) is 1. The van der Waals surface area contributed by atoms with Crippen LogP contribution >= 0.6 is 34.5 Å². The van der Waals surface area contributed by atoms with Gasteiger partial charge in [-0.3, -0.25) is 4.79 Å². The molecule has 3 N–H and O–H groups in total. The average molecular weight is 296 g/mol. The van der Waals surface area contributed by atoms with E-state index in [0.717, 1.165) is 30.9 Å². The maximum absolute atomic E-state index is 10.9. The highest BCUT2D eigenvalue weighted by molar-refractivity contribution is 7.09. The topological polar surface area (TPSA) is 68.0 Å². The van der Waals surface area contributed by atoms with Crippen molar-refractivity contribution in [1.29, 1.82) is 0 Å². The summed E-state index contributed by atoms with van der Waals surface area (Å²) in [5, 5.41) is 6.30. The van der Waals surface area contributed by atoms with E-state index in [1.165, 1.54) is 0 Å². The number of carbonyl (C=O) groups excluding carboxylic acids is 1. The van der Waals surface area contributed by atoms with Crippen molar-refractivity contribution in [1.82, 2.24) is 10.3 Å². The molecule has 1 amide bonds. The zero-order valence-electron chi connectivity index (χ0n) is 9.29. The van der Waals surface area contributed by atoms with Gasteiger partial charge in [0.1, 0.15) is 5.69 Å². The summed E-state index contributed by atoms with van der Waals surface area (Å²) in [6.07, 6.45) is 2.21. The van der Waals surface area contributed by atoms with Gasteiger partial charge in [-0.25, -0.2) is 4.98 Å². The van der Waals surface area contributed by atoms with Crippen LogP contribution in [0.1, 0.15) is 34.3 Å². The van der Waals surface area contributed by atoms with Crippen molar-refractivity contribution in [2.24, 2.45) is 5.73 Å². The summed E-state index contributed by atoms with van der Waals surface area (Å²) >= 11 is 11.1. The van der Waals surface area contributed by atoms with Gasteiger partial charge in [0.15, 0.2) is 0 Å². The lowest BCUT2D eigenvalue weighted by Crippen LogP contribution is -2.26. The minimum Gasteiger partial charge on any atom is -0.364 e. The molecule has 1 aliphatic heterocycles. The van der Waals surface area contributed by atoms with Crippen molar-refractivity contribution in [3.63, 3.8) is 0 Å². The van der Waals surface area contributed by atoms with Crippen molar-refractivity contribution in [2.75, 3.05) is 18.4 Å². The summed E-state index contributed by atoms with van der Waals surface area (Å²) in [6.45, 7) is 2.08. The van der Waals surface area contributed by atoms with Gasteiger partial charge in [-0.2, -0.15) is 0 Å². The summed E-state index contributed by atoms with van der Waals surface area (Å²) < 4.78 is 0. The molecule has 0 saturated carbocycles. The van der Waals surface area contributed by atoms with Crippen LogP contribution in [0.25, 0.3) is 0 Å². The van der Waals surface area contributed by atoms with Crippen molar-refractivity contribution in [2.45, 2.75) is 18.8 Å². The molecule has 0 spiro atoms. The van der Waals surface area contributed by atoms with Gasteiger partial charge in [0.05, 0.1) is 10.3 Å². The first-order chi connectivity index (χ1) is 8.19. The van der Waals surface area contributed by atoms with Gasteiger partial charge in [-0.15, -0.1) is 34.5 Å². The fourth-order valence-corrected chi connectivity index (χ4v) is 2.64. The molecule has 1 aromatic heterocycles. The zero-order valence-corrected chi connectivity index (χ0v) is 11.6. The first kappa shape index (κ1) is 14.7. The third-order valence-electron chi connectivity index (χ3n) is 2.46. The largest absolute Gasteiger partial charge is 0.364 e. The molecular formula is C10H15Cl2N3OS. The van der Waals surface area contributed by atoms with E-state index < -0.39 is 5.91 Å². The van der Waals surface area contributed by atoms with Gasteiger partial charge in [0.25, 0.3) is 5.91 Å². The number of aromatic nitrogens is 1. The summed E-state index contributed by atoms with van der Waals surface area (Å²) in [6, 6.07) is 0. The van der Waals surface area contributed by atoms with Crippen LogP contribution < -0.4 is 11.1 Å². The van der Waals surface area contributed by atoms with Gasteiger partial charge < -0.3 is 11.1 Å². The van der Waals surface area contributed by atoms with E-state index in [9.17, 15) is 4.79 Å². The van der Waals surface area contributed by atoms with Crippen LogP contribution in [0.3, 0.4) is 0 Å². The number of alkyl halides is 2. The number of hydrogen-bond acceptors (Lipinski definition) is 4. The highest BCUT2D eigenvalue weighted by Crippen LogP contribution is 2.27. The first-order valence-corrected chi connectivity index (χ1v) is 7.21. The molecular weight excluding hydrogens is 281 g/mol. The molecule has 2 heterocycles. The van der Waals surface area contributed by atoms with Crippen LogP contribution in [-0.4, -0.2) is 29.3 Å². The second-order valence-electron chi connectivity index (χ2n) is 3.56. The first-order valence-electron chi connectivity index (χ1n) is 5.27. The van der Waals surface area contributed by atoms with Gasteiger partial charge in [0.2, 0.25) is 0 Å². The molecule has 1 aromatic rings. The molecule has 0 unspecified atom stereocenters. The standard InChI is InChI=1S/C9H13N3OS.CH2Cl2/c10-8(13)7-5-14-9(12-7)6-1-3-11-4-2-6;2-1-3/h5-6,11H,1-4H2,(H2,10,13);1H2. The Morgan fingerprint density at radius 2 is 2.12 bits per heavy atom. The third kappa shape index (κ3) is 4.79. The maximum atomic E-state index is 10.9. The Bertz CT molecular complexity index is 353. The number of nitrogens with zero attached hydrogens (tertiary/aromatic N) is 1. The molecule has 0 aliphatic carbocycles. The number of amides is 1. The van der Waals surface area contributed by atoms with Crippen molar-refractivity contribution < 1.29 is 4.79 Å². The Labute approximate surface area is 115 Å². The van der Waals surface area contributed by atoms with Gasteiger partial charge in [-0.1, -0.05) is 0 Å². The molecule has 0 atom stereocenters. The van der Waals surface area contributed by atoms with Crippen LogP contribution in [0.2, 0.25) is 0 Å².